The van der Waals surface area contributed by atoms with Crippen LogP contribution in [0, 0.1) is 11.6 Å². The van der Waals surface area contributed by atoms with Crippen LogP contribution in [0.4, 0.5) is 14.6 Å². The smallest absolute Gasteiger partial charge is 0.183 e. The minimum Gasteiger partial charge on any atom is -0.501 e. The number of ether oxygens (including phenoxy) is 1. The minimum atomic E-state index is -0.438. The van der Waals surface area contributed by atoms with E-state index in [2.05, 4.69) is 10.2 Å². The van der Waals surface area contributed by atoms with Crippen LogP contribution >= 0.6 is 0 Å². The molecule has 6 rings (SSSR count). The summed E-state index contributed by atoms with van der Waals surface area (Å²) in [6.45, 7) is 1.40. The van der Waals surface area contributed by atoms with Crippen molar-refractivity contribution >= 4 is 17.0 Å². The van der Waals surface area contributed by atoms with Gasteiger partial charge in [0.15, 0.2) is 5.65 Å². The predicted octanol–water partition coefficient (Wildman–Crippen LogP) is 4.30. The van der Waals surface area contributed by atoms with Crippen LogP contribution in [0.5, 0.6) is 0 Å². The molecule has 0 aliphatic carbocycles. The summed E-state index contributed by atoms with van der Waals surface area (Å²) in [7, 11) is 0. The van der Waals surface area contributed by atoms with Gasteiger partial charge in [-0.25, -0.2) is 23.0 Å². The number of rotatable bonds is 4. The number of nitrogens with zero attached hydrogens (tertiary/aromatic N) is 6. The van der Waals surface area contributed by atoms with Gasteiger partial charge in [0.05, 0.1) is 31.3 Å². The van der Waals surface area contributed by atoms with Crippen molar-refractivity contribution in [2.75, 3.05) is 18.1 Å². The lowest BCUT2D eigenvalue weighted by Crippen LogP contribution is -2.24. The average Bonchev–Trinajstić information content (AvgIpc) is 3.60. The summed E-state index contributed by atoms with van der Waals surface area (Å²) >= 11 is 0. The van der Waals surface area contributed by atoms with E-state index in [4.69, 9.17) is 9.72 Å². The van der Waals surface area contributed by atoms with Gasteiger partial charge >= 0.3 is 0 Å². The lowest BCUT2D eigenvalue weighted by Gasteiger charge is -2.26. The highest BCUT2D eigenvalue weighted by Gasteiger charge is 2.30. The predicted molar refractivity (Wildman–Crippen MR) is 114 cm³/mol. The summed E-state index contributed by atoms with van der Waals surface area (Å²) < 4.78 is 37.1. The summed E-state index contributed by atoms with van der Waals surface area (Å²) in [5.74, 6) is -0.139. The van der Waals surface area contributed by atoms with Crippen LogP contribution < -0.4 is 4.90 Å². The van der Waals surface area contributed by atoms with Gasteiger partial charge in [0.1, 0.15) is 23.1 Å². The Labute approximate surface area is 182 Å². The molecule has 7 nitrogen and oxygen atoms in total. The standard InChI is InChI=1S/C23H20F2N6O/c24-17-3-4-19(25)18(10-17)20-2-1-7-29(20)22-5-8-30-23(28-22)21(12-27-30)31-13-16(11-26-31)15-6-9-32-14-15/h3-5,8,10-14,20H,1-2,6-7,9H2/t20-/m1/s1. The van der Waals surface area contributed by atoms with E-state index in [1.54, 1.807) is 27.9 Å². The molecule has 1 saturated heterocycles. The van der Waals surface area contributed by atoms with Crippen LogP contribution in [0.2, 0.25) is 0 Å². The lowest BCUT2D eigenvalue weighted by atomic mass is 10.0. The molecule has 5 heterocycles. The summed E-state index contributed by atoms with van der Waals surface area (Å²) in [5, 5.41) is 8.88. The average molecular weight is 434 g/mol. The maximum Gasteiger partial charge on any atom is 0.183 e. The fourth-order valence-electron chi connectivity index (χ4n) is 4.52. The van der Waals surface area contributed by atoms with Crippen LogP contribution in [0.3, 0.4) is 0 Å². The molecule has 1 aromatic carbocycles. The molecule has 0 spiro atoms. The van der Waals surface area contributed by atoms with Gasteiger partial charge in [0.25, 0.3) is 0 Å². The molecule has 0 unspecified atom stereocenters. The molecule has 3 aromatic heterocycles. The minimum absolute atomic E-state index is 0.266. The van der Waals surface area contributed by atoms with Gasteiger partial charge in [-0.2, -0.15) is 10.2 Å². The number of aromatic nitrogens is 5. The molecular formula is C23H20F2N6O. The number of fused-ring (bicyclic) bond motifs is 1. The van der Waals surface area contributed by atoms with E-state index in [0.29, 0.717) is 30.2 Å². The zero-order valence-electron chi connectivity index (χ0n) is 17.2. The first-order valence-corrected chi connectivity index (χ1v) is 10.6. The van der Waals surface area contributed by atoms with Crippen molar-refractivity contribution < 1.29 is 13.5 Å². The maximum atomic E-state index is 14.5. The number of hydrogen-bond donors (Lipinski definition) is 0. The molecule has 1 atom stereocenters. The van der Waals surface area contributed by atoms with E-state index in [0.717, 1.165) is 42.2 Å². The quantitative estimate of drug-likeness (QED) is 0.479. The first-order valence-electron chi connectivity index (χ1n) is 10.6. The van der Waals surface area contributed by atoms with Crippen LogP contribution in [0.15, 0.2) is 55.3 Å². The van der Waals surface area contributed by atoms with E-state index < -0.39 is 11.6 Å². The Morgan fingerprint density at radius 1 is 1.09 bits per heavy atom. The summed E-state index contributed by atoms with van der Waals surface area (Å²) in [6, 6.07) is 5.21. The number of anilines is 1. The van der Waals surface area contributed by atoms with Crippen molar-refractivity contribution in [2.24, 2.45) is 0 Å². The molecule has 1 fully saturated rings. The number of benzene rings is 1. The molecule has 2 aliphatic heterocycles. The van der Waals surface area contributed by atoms with Crippen LogP contribution in [0.1, 0.15) is 36.4 Å². The van der Waals surface area contributed by atoms with Gasteiger partial charge in [-0.15, -0.1) is 0 Å². The molecule has 0 bridgehead atoms. The SMILES string of the molecule is Fc1ccc(F)c([C@H]2CCCN2c2ccn3ncc(-n4cc(C5=COCC5)cn4)c3n2)c1. The second kappa shape index (κ2) is 7.44. The van der Waals surface area contributed by atoms with Crippen LogP contribution in [-0.4, -0.2) is 37.5 Å². The maximum absolute atomic E-state index is 14.5. The van der Waals surface area contributed by atoms with Crippen molar-refractivity contribution in [1.29, 1.82) is 0 Å². The fourth-order valence-corrected chi connectivity index (χ4v) is 4.52. The first kappa shape index (κ1) is 19.0. The Hall–Kier alpha value is -3.75. The van der Waals surface area contributed by atoms with Crippen LogP contribution in [0.25, 0.3) is 16.9 Å². The van der Waals surface area contributed by atoms with Crippen molar-refractivity contribution in [1.82, 2.24) is 24.4 Å². The Bertz CT molecular complexity index is 1340. The topological polar surface area (TPSA) is 60.5 Å². The van der Waals surface area contributed by atoms with Crippen molar-refractivity contribution in [3.05, 3.63) is 78.1 Å². The molecular weight excluding hydrogens is 414 g/mol. The monoisotopic (exact) mass is 434 g/mol. The van der Waals surface area contributed by atoms with E-state index >= 15 is 0 Å². The highest BCUT2D eigenvalue weighted by molar-refractivity contribution is 5.67. The molecule has 0 amide bonds. The largest absolute Gasteiger partial charge is 0.501 e. The zero-order chi connectivity index (χ0) is 21.7. The van der Waals surface area contributed by atoms with Gasteiger partial charge in [0.2, 0.25) is 0 Å². The van der Waals surface area contributed by atoms with E-state index in [1.807, 2.05) is 23.4 Å². The van der Waals surface area contributed by atoms with E-state index in [-0.39, 0.29) is 6.04 Å². The van der Waals surface area contributed by atoms with Crippen molar-refractivity contribution in [3.8, 4) is 5.69 Å². The molecule has 4 aromatic rings. The summed E-state index contributed by atoms with van der Waals surface area (Å²) in [4.78, 5) is 6.87. The van der Waals surface area contributed by atoms with E-state index in [1.165, 1.54) is 12.1 Å². The number of halogens is 2. The fraction of sp³-hybridized carbons (Fsp3) is 0.261. The Kier molecular flexibility index (Phi) is 4.41. The highest BCUT2D eigenvalue weighted by Crippen LogP contribution is 2.37. The van der Waals surface area contributed by atoms with Gasteiger partial charge in [-0.3, -0.25) is 0 Å². The Morgan fingerprint density at radius 3 is 2.91 bits per heavy atom. The highest BCUT2D eigenvalue weighted by atomic mass is 19.1. The molecule has 32 heavy (non-hydrogen) atoms. The third kappa shape index (κ3) is 3.12. The lowest BCUT2D eigenvalue weighted by molar-refractivity contribution is 0.281. The van der Waals surface area contributed by atoms with Gasteiger partial charge in [-0.1, -0.05) is 0 Å². The number of hydrogen-bond acceptors (Lipinski definition) is 5. The molecule has 162 valence electrons. The van der Waals surface area contributed by atoms with Crippen molar-refractivity contribution in [3.63, 3.8) is 0 Å². The second-order valence-corrected chi connectivity index (χ2v) is 8.04. The second-order valence-electron chi connectivity index (χ2n) is 8.04. The van der Waals surface area contributed by atoms with Crippen LogP contribution in [-0.2, 0) is 4.74 Å². The molecule has 0 radical (unpaired) electrons. The van der Waals surface area contributed by atoms with E-state index in [9.17, 15) is 8.78 Å². The van der Waals surface area contributed by atoms with Gasteiger partial charge in [0, 0.05) is 42.1 Å². The van der Waals surface area contributed by atoms with Gasteiger partial charge < -0.3 is 9.64 Å². The molecule has 2 aliphatic rings. The first-order chi connectivity index (χ1) is 15.7. The zero-order valence-corrected chi connectivity index (χ0v) is 17.2. The summed E-state index contributed by atoms with van der Waals surface area (Å²) in [5.41, 5.74) is 3.85. The van der Waals surface area contributed by atoms with Gasteiger partial charge in [-0.05, 0) is 37.1 Å². The normalized spacial score (nSPS) is 18.4. The third-order valence-electron chi connectivity index (χ3n) is 6.11. The molecule has 9 heteroatoms. The summed E-state index contributed by atoms with van der Waals surface area (Å²) in [6.07, 6.45) is 11.5. The third-order valence-corrected chi connectivity index (χ3v) is 6.11. The Morgan fingerprint density at radius 2 is 2.03 bits per heavy atom. The van der Waals surface area contributed by atoms with Crippen molar-refractivity contribution in [2.45, 2.75) is 25.3 Å². The molecule has 0 saturated carbocycles. The Balaban J connectivity index is 1.37. The molecule has 0 N–H and O–H groups in total.